The summed E-state index contributed by atoms with van der Waals surface area (Å²) in [5, 5.41) is 12.2. The highest BCUT2D eigenvalue weighted by molar-refractivity contribution is 5.44. The molecule has 2 aromatic rings. The zero-order valence-corrected chi connectivity index (χ0v) is 13.2. The zero-order chi connectivity index (χ0) is 15.5. The van der Waals surface area contributed by atoms with Crippen molar-refractivity contribution in [3.05, 3.63) is 83.9 Å². The van der Waals surface area contributed by atoms with Gasteiger partial charge in [-0.15, -0.1) is 0 Å². The van der Waals surface area contributed by atoms with Crippen molar-refractivity contribution in [3.8, 4) is 0 Å². The molecule has 2 aromatic carbocycles. The molecule has 0 amide bonds. The van der Waals surface area contributed by atoms with Crippen molar-refractivity contribution in [2.45, 2.75) is 24.9 Å². The van der Waals surface area contributed by atoms with Gasteiger partial charge in [-0.2, -0.15) is 0 Å². The first-order valence-corrected chi connectivity index (χ1v) is 8.78. The lowest BCUT2D eigenvalue weighted by Gasteiger charge is -2.60. The summed E-state index contributed by atoms with van der Waals surface area (Å²) in [6.07, 6.45) is 8.41. The van der Waals surface area contributed by atoms with Gasteiger partial charge in [0.2, 0.25) is 0 Å². The average molecular weight is 302 g/mol. The Morgan fingerprint density at radius 1 is 0.870 bits per heavy atom. The summed E-state index contributed by atoms with van der Waals surface area (Å²) in [6.45, 7) is 0. The van der Waals surface area contributed by atoms with Crippen LogP contribution in [0.1, 0.15) is 30.4 Å². The molecule has 0 heterocycles. The van der Waals surface area contributed by atoms with Gasteiger partial charge in [0.25, 0.3) is 0 Å². The third kappa shape index (κ3) is 1.51. The highest BCUT2D eigenvalue weighted by Crippen LogP contribution is 2.73. The van der Waals surface area contributed by atoms with E-state index in [4.69, 9.17) is 0 Å². The quantitative estimate of drug-likeness (QED) is 0.826. The molecule has 3 aliphatic carbocycles. The Hall–Kier alpha value is -1.86. The molecule has 116 valence electrons. The molecule has 0 radical (unpaired) electrons. The van der Waals surface area contributed by atoms with E-state index in [1.165, 1.54) is 12.8 Å². The van der Waals surface area contributed by atoms with E-state index < -0.39 is 5.60 Å². The maximum Gasteiger partial charge on any atom is 0.121 e. The van der Waals surface area contributed by atoms with E-state index in [1.807, 2.05) is 12.1 Å². The third-order valence-electron chi connectivity index (χ3n) is 6.88. The summed E-state index contributed by atoms with van der Waals surface area (Å²) >= 11 is 0. The number of hydrogen-bond donors (Lipinski definition) is 1. The Morgan fingerprint density at radius 3 is 1.96 bits per heavy atom. The van der Waals surface area contributed by atoms with Crippen LogP contribution in [0.2, 0.25) is 0 Å². The van der Waals surface area contributed by atoms with Gasteiger partial charge in [0.05, 0.1) is 0 Å². The predicted molar refractivity (Wildman–Crippen MR) is 91.8 cm³/mol. The second-order valence-electron chi connectivity index (χ2n) is 7.52. The van der Waals surface area contributed by atoms with Crippen LogP contribution in [0, 0.1) is 23.2 Å². The fourth-order valence-corrected chi connectivity index (χ4v) is 5.87. The molecule has 0 aromatic heterocycles. The maximum atomic E-state index is 12.2. The molecule has 4 atom stereocenters. The largest absolute Gasteiger partial charge is 0.380 e. The minimum Gasteiger partial charge on any atom is -0.380 e. The summed E-state index contributed by atoms with van der Waals surface area (Å²) in [4.78, 5) is 0. The van der Waals surface area contributed by atoms with E-state index >= 15 is 0 Å². The lowest BCUT2D eigenvalue weighted by molar-refractivity contribution is -0.157. The second-order valence-corrected chi connectivity index (χ2v) is 7.52. The van der Waals surface area contributed by atoms with Gasteiger partial charge in [-0.25, -0.2) is 0 Å². The standard InChI is InChI=1S/C22H22O/c23-22(17-7-3-1-4-8-17,18-9-5-2-6-10-18)21-14-13-20(21)16-11-12-19(21)15-16/h1-12,16,19-20,23H,13-15H2/t16-,19+,20+,21+/m0/s1. The Bertz CT molecular complexity index is 709. The van der Waals surface area contributed by atoms with E-state index in [9.17, 15) is 5.11 Å². The second kappa shape index (κ2) is 4.58. The summed E-state index contributed by atoms with van der Waals surface area (Å²) in [6, 6.07) is 20.7. The SMILES string of the molecule is OC(c1ccccc1)(c1ccccc1)[C@@]12CC[C@@H]1[C@H]1C=C[C@@H]2C1. The number of aliphatic hydroxyl groups is 1. The molecule has 2 bridgehead atoms. The Labute approximate surface area is 137 Å². The normalized spacial score (nSPS) is 34.2. The Kier molecular flexibility index (Phi) is 2.70. The van der Waals surface area contributed by atoms with Crippen molar-refractivity contribution >= 4 is 0 Å². The van der Waals surface area contributed by atoms with E-state index in [1.54, 1.807) is 0 Å². The van der Waals surface area contributed by atoms with E-state index in [0.717, 1.165) is 17.5 Å². The summed E-state index contributed by atoms with van der Waals surface area (Å²) in [7, 11) is 0. The van der Waals surface area contributed by atoms with Crippen molar-refractivity contribution in [2.24, 2.45) is 23.2 Å². The van der Waals surface area contributed by atoms with Gasteiger partial charge in [0, 0.05) is 5.41 Å². The van der Waals surface area contributed by atoms with Gasteiger partial charge in [-0.1, -0.05) is 72.8 Å². The monoisotopic (exact) mass is 302 g/mol. The zero-order valence-electron chi connectivity index (χ0n) is 13.2. The van der Waals surface area contributed by atoms with Gasteiger partial charge in [-0.3, -0.25) is 0 Å². The smallest absolute Gasteiger partial charge is 0.121 e. The highest BCUT2D eigenvalue weighted by atomic mass is 16.3. The van der Waals surface area contributed by atoms with Crippen LogP contribution in [0.3, 0.4) is 0 Å². The number of benzene rings is 2. The number of rotatable bonds is 3. The molecular weight excluding hydrogens is 280 g/mol. The molecule has 1 heteroatoms. The molecule has 1 N–H and O–H groups in total. The van der Waals surface area contributed by atoms with Crippen LogP contribution >= 0.6 is 0 Å². The highest BCUT2D eigenvalue weighted by Gasteiger charge is 2.70. The van der Waals surface area contributed by atoms with Crippen LogP contribution in [0.5, 0.6) is 0 Å². The number of hydrogen-bond acceptors (Lipinski definition) is 1. The molecule has 0 aliphatic heterocycles. The predicted octanol–water partition coefficient (Wildman–Crippen LogP) is 4.52. The Morgan fingerprint density at radius 2 is 1.48 bits per heavy atom. The van der Waals surface area contributed by atoms with Crippen molar-refractivity contribution < 1.29 is 5.11 Å². The molecular formula is C22H22O. The summed E-state index contributed by atoms with van der Waals surface area (Å²) in [5.41, 5.74) is 1.20. The maximum absolute atomic E-state index is 12.2. The third-order valence-corrected chi connectivity index (χ3v) is 6.88. The van der Waals surface area contributed by atoms with Crippen LogP contribution < -0.4 is 0 Å². The van der Waals surface area contributed by atoms with Crippen LogP contribution in [-0.2, 0) is 5.60 Å². The van der Waals surface area contributed by atoms with Crippen LogP contribution in [-0.4, -0.2) is 5.11 Å². The molecule has 3 aliphatic rings. The summed E-state index contributed by atoms with van der Waals surface area (Å²) in [5.74, 6) is 1.81. The number of allylic oxidation sites excluding steroid dienone is 2. The van der Waals surface area contributed by atoms with Gasteiger partial charge in [0.1, 0.15) is 5.60 Å². The van der Waals surface area contributed by atoms with Crippen molar-refractivity contribution in [2.75, 3.05) is 0 Å². The minimum absolute atomic E-state index is 0.0187. The topological polar surface area (TPSA) is 20.2 Å². The fourth-order valence-electron chi connectivity index (χ4n) is 5.87. The first-order valence-electron chi connectivity index (χ1n) is 8.78. The van der Waals surface area contributed by atoms with Gasteiger partial charge in [-0.05, 0) is 48.1 Å². The van der Waals surface area contributed by atoms with Gasteiger partial charge >= 0.3 is 0 Å². The fraction of sp³-hybridized carbons (Fsp3) is 0.364. The molecule has 0 unspecified atom stereocenters. The number of fused-ring (bicyclic) bond motifs is 5. The molecule has 5 rings (SSSR count). The van der Waals surface area contributed by atoms with Gasteiger partial charge in [0.15, 0.2) is 0 Å². The van der Waals surface area contributed by atoms with E-state index in [2.05, 4.69) is 60.7 Å². The van der Waals surface area contributed by atoms with Crippen LogP contribution in [0.4, 0.5) is 0 Å². The molecule has 2 saturated carbocycles. The molecule has 0 saturated heterocycles. The van der Waals surface area contributed by atoms with Crippen molar-refractivity contribution in [3.63, 3.8) is 0 Å². The summed E-state index contributed by atoms with van der Waals surface area (Å²) < 4.78 is 0. The molecule has 0 spiro atoms. The average Bonchev–Trinajstić information content (AvgIpc) is 3.11. The first kappa shape index (κ1) is 13.6. The van der Waals surface area contributed by atoms with Crippen molar-refractivity contribution in [1.82, 2.24) is 0 Å². The lowest BCUT2D eigenvalue weighted by atomic mass is 9.46. The molecule has 1 nitrogen and oxygen atoms in total. The first-order chi connectivity index (χ1) is 11.3. The van der Waals surface area contributed by atoms with E-state index in [0.29, 0.717) is 17.8 Å². The van der Waals surface area contributed by atoms with Crippen LogP contribution in [0.25, 0.3) is 0 Å². The van der Waals surface area contributed by atoms with Gasteiger partial charge < -0.3 is 5.11 Å². The molecule has 23 heavy (non-hydrogen) atoms. The lowest BCUT2D eigenvalue weighted by Crippen LogP contribution is -2.58. The molecule has 2 fully saturated rings. The minimum atomic E-state index is -0.886. The Balaban J connectivity index is 1.75. The van der Waals surface area contributed by atoms with E-state index in [-0.39, 0.29) is 5.41 Å². The van der Waals surface area contributed by atoms with Crippen LogP contribution in [0.15, 0.2) is 72.8 Å². The van der Waals surface area contributed by atoms with Crippen molar-refractivity contribution in [1.29, 1.82) is 0 Å².